The summed E-state index contributed by atoms with van der Waals surface area (Å²) in [7, 11) is 0. The van der Waals surface area contributed by atoms with Crippen LogP contribution in [0, 0.1) is 19.8 Å². The third-order valence-corrected chi connectivity index (χ3v) is 4.53. The molecule has 0 spiro atoms. The van der Waals surface area contributed by atoms with Crippen LogP contribution in [-0.2, 0) is 22.5 Å². The van der Waals surface area contributed by atoms with Crippen LogP contribution in [0.5, 0.6) is 0 Å². The van der Waals surface area contributed by atoms with Crippen molar-refractivity contribution < 1.29 is 9.53 Å². The number of morpholine rings is 1. The van der Waals surface area contributed by atoms with Crippen LogP contribution >= 0.6 is 0 Å². The highest BCUT2D eigenvalue weighted by molar-refractivity contribution is 5.76. The Labute approximate surface area is 145 Å². The Bertz CT molecular complexity index is 533. The lowest BCUT2D eigenvalue weighted by molar-refractivity contribution is -0.121. The van der Waals surface area contributed by atoms with Crippen LogP contribution in [0.2, 0.25) is 0 Å². The first-order chi connectivity index (χ1) is 11.5. The molecule has 0 aromatic carbocycles. The van der Waals surface area contributed by atoms with E-state index >= 15 is 0 Å². The molecule has 0 unspecified atom stereocenters. The maximum atomic E-state index is 12.1. The number of rotatable bonds is 8. The fourth-order valence-corrected chi connectivity index (χ4v) is 3.12. The van der Waals surface area contributed by atoms with E-state index in [4.69, 9.17) is 4.74 Å². The average molecular weight is 336 g/mol. The minimum atomic E-state index is 0.124. The first kappa shape index (κ1) is 18.9. The quantitative estimate of drug-likeness (QED) is 0.782. The number of ether oxygens (including phenoxy) is 1. The smallest absolute Gasteiger partial charge is 0.220 e. The number of hydrogen-bond donors (Lipinski definition) is 1. The lowest BCUT2D eigenvalue weighted by Crippen LogP contribution is -2.41. The fourth-order valence-electron chi connectivity index (χ4n) is 3.12. The van der Waals surface area contributed by atoms with E-state index in [9.17, 15) is 4.79 Å². The summed E-state index contributed by atoms with van der Waals surface area (Å²) in [6, 6.07) is 0. The summed E-state index contributed by atoms with van der Waals surface area (Å²) in [6.07, 6.45) is 1.29. The number of carbonyl (C=O) groups is 1. The molecule has 1 fully saturated rings. The van der Waals surface area contributed by atoms with Crippen LogP contribution in [0.4, 0.5) is 0 Å². The highest BCUT2D eigenvalue weighted by Crippen LogP contribution is 2.16. The van der Waals surface area contributed by atoms with Gasteiger partial charge in [0.2, 0.25) is 5.91 Å². The van der Waals surface area contributed by atoms with Gasteiger partial charge in [-0.15, -0.1) is 0 Å². The highest BCUT2D eigenvalue weighted by atomic mass is 16.5. The second-order valence-electron chi connectivity index (χ2n) is 7.03. The molecule has 2 rings (SSSR count). The van der Waals surface area contributed by atoms with Crippen molar-refractivity contribution in [3.63, 3.8) is 0 Å². The van der Waals surface area contributed by atoms with Crippen LogP contribution in [0.1, 0.15) is 37.2 Å². The number of hydrogen-bond acceptors (Lipinski definition) is 4. The average Bonchev–Trinajstić information content (AvgIpc) is 2.80. The Morgan fingerprint density at radius 3 is 2.67 bits per heavy atom. The molecule has 1 aliphatic rings. The van der Waals surface area contributed by atoms with Crippen molar-refractivity contribution in [2.75, 3.05) is 39.4 Å². The predicted octanol–water partition coefficient (Wildman–Crippen LogP) is 1.54. The summed E-state index contributed by atoms with van der Waals surface area (Å²) >= 11 is 0. The Morgan fingerprint density at radius 2 is 2.00 bits per heavy atom. The van der Waals surface area contributed by atoms with Crippen LogP contribution in [0.3, 0.4) is 0 Å². The van der Waals surface area contributed by atoms with Gasteiger partial charge in [0.25, 0.3) is 0 Å². The van der Waals surface area contributed by atoms with E-state index in [0.717, 1.165) is 51.5 Å². The molecule has 136 valence electrons. The van der Waals surface area contributed by atoms with E-state index in [1.165, 1.54) is 11.3 Å². The van der Waals surface area contributed by atoms with E-state index in [1.54, 1.807) is 0 Å². The van der Waals surface area contributed by atoms with Gasteiger partial charge < -0.3 is 10.1 Å². The van der Waals surface area contributed by atoms with Crippen molar-refractivity contribution >= 4 is 5.91 Å². The van der Waals surface area contributed by atoms with Crippen molar-refractivity contribution in [1.82, 2.24) is 20.0 Å². The molecule has 2 heterocycles. The molecular formula is C18H32N4O2. The summed E-state index contributed by atoms with van der Waals surface area (Å²) in [5.74, 6) is 0.693. The van der Waals surface area contributed by atoms with Crippen molar-refractivity contribution in [2.24, 2.45) is 5.92 Å². The Balaban J connectivity index is 1.74. The molecule has 0 bridgehead atoms. The van der Waals surface area contributed by atoms with E-state index in [1.807, 2.05) is 6.92 Å². The molecular weight excluding hydrogens is 304 g/mol. The Morgan fingerprint density at radius 1 is 1.29 bits per heavy atom. The standard InChI is InChI=1S/C18H32N4O2/c1-14(2)13-22-16(4)17(15(3)20-22)5-6-18(23)19-7-8-21-9-11-24-12-10-21/h14H,5-13H2,1-4H3,(H,19,23). The third-order valence-electron chi connectivity index (χ3n) is 4.53. The lowest BCUT2D eigenvalue weighted by Gasteiger charge is -2.26. The molecule has 0 saturated carbocycles. The Hall–Kier alpha value is -1.40. The van der Waals surface area contributed by atoms with E-state index in [2.05, 4.69) is 40.8 Å². The van der Waals surface area contributed by atoms with Crippen LogP contribution in [0.25, 0.3) is 0 Å². The zero-order valence-corrected chi connectivity index (χ0v) is 15.6. The predicted molar refractivity (Wildman–Crippen MR) is 95.1 cm³/mol. The molecule has 6 heteroatoms. The van der Waals surface area contributed by atoms with E-state index in [0.29, 0.717) is 18.9 Å². The van der Waals surface area contributed by atoms with Gasteiger partial charge in [-0.2, -0.15) is 5.10 Å². The monoisotopic (exact) mass is 336 g/mol. The van der Waals surface area contributed by atoms with Crippen molar-refractivity contribution in [3.05, 3.63) is 17.0 Å². The van der Waals surface area contributed by atoms with Crippen LogP contribution in [-0.4, -0.2) is 60.0 Å². The maximum Gasteiger partial charge on any atom is 0.220 e. The van der Waals surface area contributed by atoms with Gasteiger partial charge in [-0.05, 0) is 31.7 Å². The van der Waals surface area contributed by atoms with Gasteiger partial charge in [-0.25, -0.2) is 0 Å². The van der Waals surface area contributed by atoms with Gasteiger partial charge in [-0.1, -0.05) is 13.8 Å². The fraction of sp³-hybridized carbons (Fsp3) is 0.778. The number of aromatic nitrogens is 2. The van der Waals surface area contributed by atoms with Crippen LogP contribution < -0.4 is 5.32 Å². The number of nitrogens with zero attached hydrogens (tertiary/aromatic N) is 3. The Kier molecular flexibility index (Phi) is 7.24. The van der Waals surface area contributed by atoms with Gasteiger partial charge in [0.05, 0.1) is 18.9 Å². The third kappa shape index (κ3) is 5.60. The number of carbonyl (C=O) groups excluding carboxylic acids is 1. The maximum absolute atomic E-state index is 12.1. The number of aryl methyl sites for hydroxylation is 1. The first-order valence-corrected chi connectivity index (χ1v) is 9.07. The molecule has 1 aliphatic heterocycles. The molecule has 0 aliphatic carbocycles. The van der Waals surface area contributed by atoms with Crippen molar-refractivity contribution in [1.29, 1.82) is 0 Å². The molecule has 24 heavy (non-hydrogen) atoms. The first-order valence-electron chi connectivity index (χ1n) is 9.07. The summed E-state index contributed by atoms with van der Waals surface area (Å²) in [5.41, 5.74) is 3.47. The van der Waals surface area contributed by atoms with Gasteiger partial charge in [0.1, 0.15) is 0 Å². The van der Waals surface area contributed by atoms with E-state index in [-0.39, 0.29) is 5.91 Å². The second-order valence-corrected chi connectivity index (χ2v) is 7.03. The number of amides is 1. The molecule has 6 nitrogen and oxygen atoms in total. The molecule has 1 saturated heterocycles. The SMILES string of the molecule is Cc1nn(CC(C)C)c(C)c1CCC(=O)NCCN1CCOCC1. The molecule has 1 aromatic rings. The molecule has 1 N–H and O–H groups in total. The van der Waals surface area contributed by atoms with Crippen molar-refractivity contribution in [3.8, 4) is 0 Å². The highest BCUT2D eigenvalue weighted by Gasteiger charge is 2.14. The molecule has 1 aromatic heterocycles. The summed E-state index contributed by atoms with van der Waals surface area (Å²) in [4.78, 5) is 14.4. The largest absolute Gasteiger partial charge is 0.379 e. The minimum absolute atomic E-state index is 0.124. The summed E-state index contributed by atoms with van der Waals surface area (Å²) in [5, 5.41) is 7.65. The van der Waals surface area contributed by atoms with Crippen molar-refractivity contribution in [2.45, 2.75) is 47.1 Å². The number of nitrogens with one attached hydrogen (secondary N) is 1. The van der Waals surface area contributed by atoms with E-state index < -0.39 is 0 Å². The molecule has 0 radical (unpaired) electrons. The summed E-state index contributed by atoms with van der Waals surface area (Å²) in [6.45, 7) is 14.6. The molecule has 0 atom stereocenters. The van der Waals surface area contributed by atoms with Gasteiger partial charge >= 0.3 is 0 Å². The normalized spacial score (nSPS) is 15.9. The lowest BCUT2D eigenvalue weighted by atomic mass is 10.1. The minimum Gasteiger partial charge on any atom is -0.379 e. The summed E-state index contributed by atoms with van der Waals surface area (Å²) < 4.78 is 7.40. The molecule has 1 amide bonds. The van der Waals surface area contributed by atoms with Crippen LogP contribution in [0.15, 0.2) is 0 Å². The second kappa shape index (κ2) is 9.18. The van der Waals surface area contributed by atoms with Gasteiger partial charge in [0, 0.05) is 44.8 Å². The topological polar surface area (TPSA) is 59.4 Å². The van der Waals surface area contributed by atoms with Gasteiger partial charge in [0.15, 0.2) is 0 Å². The zero-order chi connectivity index (χ0) is 17.5. The van der Waals surface area contributed by atoms with Gasteiger partial charge in [-0.3, -0.25) is 14.4 Å². The zero-order valence-electron chi connectivity index (χ0n) is 15.6.